The molecule has 0 fully saturated rings. The molecule has 7 nitrogen and oxygen atoms in total. The first-order chi connectivity index (χ1) is 13.1. The molecular weight excluding hydrogens is 470 g/mol. The smallest absolute Gasteiger partial charge is 0.253 e. The molecule has 28 heavy (non-hydrogen) atoms. The number of hydrogen-bond acceptors (Lipinski definition) is 4. The van der Waals surface area contributed by atoms with Gasteiger partial charge in [0.1, 0.15) is 0 Å². The molecule has 0 heterocycles. The Labute approximate surface area is 177 Å². The highest BCUT2D eigenvalue weighted by Crippen LogP contribution is 2.22. The van der Waals surface area contributed by atoms with Crippen molar-refractivity contribution in [2.45, 2.75) is 24.8 Å². The third-order valence-electron chi connectivity index (χ3n) is 3.44. The summed E-state index contributed by atoms with van der Waals surface area (Å²) in [4.78, 5) is 24.3. The number of rotatable bonds is 7. The summed E-state index contributed by atoms with van der Waals surface area (Å²) in [6, 6.07) is 10.5. The van der Waals surface area contributed by atoms with Gasteiger partial charge in [-0.2, -0.15) is 0 Å². The van der Waals surface area contributed by atoms with Crippen molar-refractivity contribution in [3.05, 3.63) is 57.5 Å². The summed E-state index contributed by atoms with van der Waals surface area (Å²) in [6.07, 6.45) is 0. The van der Waals surface area contributed by atoms with Crippen LogP contribution in [0.4, 0.5) is 5.69 Å². The van der Waals surface area contributed by atoms with Crippen molar-refractivity contribution >= 4 is 55.1 Å². The molecule has 0 saturated heterocycles. The van der Waals surface area contributed by atoms with Gasteiger partial charge in [-0.3, -0.25) is 9.59 Å². The lowest BCUT2D eigenvalue weighted by molar-refractivity contribution is -0.115. The summed E-state index contributed by atoms with van der Waals surface area (Å²) in [5.41, 5.74) is 0.523. The van der Waals surface area contributed by atoms with Gasteiger partial charge in [-0.15, -0.1) is 0 Å². The molecule has 0 spiro atoms. The summed E-state index contributed by atoms with van der Waals surface area (Å²) < 4.78 is 27.7. The molecule has 10 heteroatoms. The first-order valence-electron chi connectivity index (χ1n) is 8.24. The Morgan fingerprint density at radius 1 is 1.14 bits per heavy atom. The highest BCUT2D eigenvalue weighted by atomic mass is 79.9. The van der Waals surface area contributed by atoms with E-state index in [1.165, 1.54) is 18.2 Å². The highest BCUT2D eigenvalue weighted by Gasteiger charge is 2.20. The van der Waals surface area contributed by atoms with Crippen molar-refractivity contribution in [2.75, 3.05) is 11.9 Å². The second-order valence-corrected chi connectivity index (χ2v) is 9.10. The zero-order chi connectivity index (χ0) is 20.9. The zero-order valence-electron chi connectivity index (χ0n) is 15.1. The van der Waals surface area contributed by atoms with Crippen LogP contribution in [-0.2, 0) is 14.8 Å². The van der Waals surface area contributed by atoms with Gasteiger partial charge in [0.25, 0.3) is 5.91 Å². The molecule has 0 bridgehead atoms. The maximum Gasteiger partial charge on any atom is 0.253 e. The van der Waals surface area contributed by atoms with E-state index in [-0.39, 0.29) is 28.1 Å². The van der Waals surface area contributed by atoms with Crippen molar-refractivity contribution in [2.24, 2.45) is 0 Å². The maximum absolute atomic E-state index is 12.4. The number of amides is 2. The van der Waals surface area contributed by atoms with Gasteiger partial charge in [-0.05, 0) is 60.1 Å². The van der Waals surface area contributed by atoms with Crippen LogP contribution in [0.1, 0.15) is 24.2 Å². The summed E-state index contributed by atoms with van der Waals surface area (Å²) in [5, 5.41) is 5.16. The predicted octanol–water partition coefficient (Wildman–Crippen LogP) is 3.16. The Morgan fingerprint density at radius 3 is 2.46 bits per heavy atom. The molecule has 150 valence electrons. The number of anilines is 1. The van der Waals surface area contributed by atoms with Crippen LogP contribution in [-0.4, -0.2) is 32.8 Å². The fourth-order valence-corrected chi connectivity index (χ4v) is 4.10. The van der Waals surface area contributed by atoms with Gasteiger partial charge in [0.2, 0.25) is 15.9 Å². The van der Waals surface area contributed by atoms with Crippen molar-refractivity contribution in [3.8, 4) is 0 Å². The number of halogens is 2. The second-order valence-electron chi connectivity index (χ2n) is 6.13. The zero-order valence-corrected chi connectivity index (χ0v) is 18.3. The Bertz CT molecular complexity index is 996. The molecule has 0 aliphatic rings. The summed E-state index contributed by atoms with van der Waals surface area (Å²) in [5.74, 6) is -1.10. The minimum atomic E-state index is -3.78. The van der Waals surface area contributed by atoms with E-state index < -0.39 is 21.8 Å². The largest absolute Gasteiger partial charge is 0.343 e. The van der Waals surface area contributed by atoms with Crippen LogP contribution in [0.15, 0.2) is 51.8 Å². The number of hydrogen-bond donors (Lipinski definition) is 3. The van der Waals surface area contributed by atoms with Gasteiger partial charge in [0.05, 0.1) is 27.7 Å². The van der Waals surface area contributed by atoms with Crippen LogP contribution < -0.4 is 15.4 Å². The average Bonchev–Trinajstić information content (AvgIpc) is 2.60. The highest BCUT2D eigenvalue weighted by molar-refractivity contribution is 9.10. The molecule has 2 rings (SSSR count). The minimum absolute atomic E-state index is 0.0398. The molecule has 0 aliphatic carbocycles. The lowest BCUT2D eigenvalue weighted by Crippen LogP contribution is -2.33. The minimum Gasteiger partial charge on any atom is -0.343 e. The maximum atomic E-state index is 12.4. The van der Waals surface area contributed by atoms with E-state index in [9.17, 15) is 18.0 Å². The number of para-hydroxylation sites is 1. The standard InChI is InChI=1S/C18H19BrClN3O4S/c1-11(2)23-28(26,27)12-7-8-15(20)13(9-12)18(25)21-10-17(24)22-16-6-4-3-5-14(16)19/h3-9,11,23H,10H2,1-2H3,(H,21,25)(H,22,24). The van der Waals surface area contributed by atoms with Crippen LogP contribution in [0.2, 0.25) is 5.02 Å². The number of nitrogens with one attached hydrogen (secondary N) is 3. The SMILES string of the molecule is CC(C)NS(=O)(=O)c1ccc(Cl)c(C(=O)NCC(=O)Nc2ccccc2Br)c1. The Morgan fingerprint density at radius 2 is 1.82 bits per heavy atom. The first-order valence-corrected chi connectivity index (χ1v) is 10.9. The van der Waals surface area contributed by atoms with Gasteiger partial charge in [0, 0.05) is 10.5 Å². The normalized spacial score (nSPS) is 11.3. The third-order valence-corrected chi connectivity index (χ3v) is 6.12. The molecule has 3 N–H and O–H groups in total. The van der Waals surface area contributed by atoms with E-state index in [0.29, 0.717) is 10.2 Å². The van der Waals surface area contributed by atoms with E-state index in [2.05, 4.69) is 31.3 Å². The molecule has 2 aromatic rings. The molecule has 0 saturated carbocycles. The van der Waals surface area contributed by atoms with Crippen LogP contribution in [0.3, 0.4) is 0 Å². The summed E-state index contributed by atoms with van der Waals surface area (Å²) in [7, 11) is -3.78. The topological polar surface area (TPSA) is 104 Å². The van der Waals surface area contributed by atoms with Gasteiger partial charge >= 0.3 is 0 Å². The first kappa shape index (κ1) is 22.4. The lowest BCUT2D eigenvalue weighted by Gasteiger charge is -2.12. The molecule has 2 amide bonds. The molecule has 2 aromatic carbocycles. The van der Waals surface area contributed by atoms with Gasteiger partial charge in [0.15, 0.2) is 0 Å². The molecule has 0 radical (unpaired) electrons. The van der Waals surface area contributed by atoms with E-state index in [1.54, 1.807) is 38.1 Å². The van der Waals surface area contributed by atoms with Gasteiger partial charge in [-0.1, -0.05) is 23.7 Å². The van der Waals surface area contributed by atoms with E-state index >= 15 is 0 Å². The van der Waals surface area contributed by atoms with Crippen molar-refractivity contribution in [3.63, 3.8) is 0 Å². The molecule has 0 atom stereocenters. The number of sulfonamides is 1. The average molecular weight is 489 g/mol. The van der Waals surface area contributed by atoms with Crippen LogP contribution >= 0.6 is 27.5 Å². The van der Waals surface area contributed by atoms with Gasteiger partial charge < -0.3 is 10.6 Å². The van der Waals surface area contributed by atoms with E-state index in [1.807, 2.05) is 0 Å². The fraction of sp³-hybridized carbons (Fsp3) is 0.222. The predicted molar refractivity (Wildman–Crippen MR) is 112 cm³/mol. The van der Waals surface area contributed by atoms with Gasteiger partial charge in [-0.25, -0.2) is 13.1 Å². The van der Waals surface area contributed by atoms with Crippen molar-refractivity contribution < 1.29 is 18.0 Å². The van der Waals surface area contributed by atoms with E-state index in [0.717, 1.165) is 0 Å². The van der Waals surface area contributed by atoms with Crippen molar-refractivity contribution in [1.82, 2.24) is 10.0 Å². The molecule has 0 unspecified atom stereocenters. The summed E-state index contributed by atoms with van der Waals surface area (Å²) >= 11 is 9.34. The van der Waals surface area contributed by atoms with Crippen LogP contribution in [0.5, 0.6) is 0 Å². The lowest BCUT2D eigenvalue weighted by atomic mass is 10.2. The Hall–Kier alpha value is -1.94. The second kappa shape index (κ2) is 9.51. The quantitative estimate of drug-likeness (QED) is 0.557. The third kappa shape index (κ3) is 6.03. The molecule has 0 aliphatic heterocycles. The monoisotopic (exact) mass is 487 g/mol. The molecular formula is C18H19BrClN3O4S. The summed E-state index contributed by atoms with van der Waals surface area (Å²) in [6.45, 7) is 3.06. The Balaban J connectivity index is 2.09. The number of carbonyl (C=O) groups is 2. The van der Waals surface area contributed by atoms with Crippen LogP contribution in [0, 0.1) is 0 Å². The van der Waals surface area contributed by atoms with Crippen molar-refractivity contribution in [1.29, 1.82) is 0 Å². The van der Waals surface area contributed by atoms with E-state index in [4.69, 9.17) is 11.6 Å². The Kier molecular flexibility index (Phi) is 7.59. The number of carbonyl (C=O) groups excluding carboxylic acids is 2. The van der Waals surface area contributed by atoms with Crippen LogP contribution in [0.25, 0.3) is 0 Å². The molecule has 0 aromatic heterocycles. The number of benzene rings is 2. The fourth-order valence-electron chi connectivity index (χ4n) is 2.24.